The minimum atomic E-state index is -2.58. The van der Waals surface area contributed by atoms with Crippen molar-refractivity contribution in [1.82, 2.24) is 9.47 Å². The van der Waals surface area contributed by atoms with E-state index in [1.165, 1.54) is 22.8 Å². The van der Waals surface area contributed by atoms with Crippen molar-refractivity contribution in [2.75, 3.05) is 26.2 Å². The van der Waals surface area contributed by atoms with E-state index in [0.29, 0.717) is 17.4 Å². The van der Waals surface area contributed by atoms with E-state index in [9.17, 15) is 0 Å². The van der Waals surface area contributed by atoms with Gasteiger partial charge in [-0.25, -0.2) is 0 Å². The number of allylic oxidation sites excluding steroid dienone is 4. The van der Waals surface area contributed by atoms with Gasteiger partial charge in [0.05, 0.1) is 6.10 Å². The van der Waals surface area contributed by atoms with E-state index in [2.05, 4.69) is 120 Å². The second kappa shape index (κ2) is 16.3. The number of benzene rings is 2. The molecular formula is C35H48Cl2CrN3OSi2. The molecule has 1 saturated carbocycles. The van der Waals surface area contributed by atoms with Crippen LogP contribution in [0.4, 0.5) is 0 Å². The van der Waals surface area contributed by atoms with Crippen molar-refractivity contribution in [3.63, 3.8) is 0 Å². The van der Waals surface area contributed by atoms with Gasteiger partial charge in [-0.2, -0.15) is 0 Å². The molecule has 2 aromatic rings. The number of rotatable bonds is 9. The minimum absolute atomic E-state index is 0. The molecule has 237 valence electrons. The van der Waals surface area contributed by atoms with Gasteiger partial charge in [-0.1, -0.05) is 91.0 Å². The normalized spacial score (nSPS) is 24.2. The van der Waals surface area contributed by atoms with Crippen LogP contribution in [-0.4, -0.2) is 64.3 Å². The Balaban J connectivity index is 0.00000106. The van der Waals surface area contributed by atoms with E-state index in [-0.39, 0.29) is 26.9 Å². The van der Waals surface area contributed by atoms with Crippen molar-refractivity contribution in [2.24, 2.45) is 16.8 Å². The van der Waals surface area contributed by atoms with Crippen molar-refractivity contribution in [3.05, 3.63) is 105 Å². The molecule has 0 bridgehead atoms. The molecule has 2 aliphatic carbocycles. The van der Waals surface area contributed by atoms with Crippen LogP contribution in [0.2, 0.25) is 24.7 Å². The topological polar surface area (TPSA) is 28.1 Å². The van der Waals surface area contributed by atoms with Crippen LogP contribution < -0.4 is 10.4 Å². The third kappa shape index (κ3) is 7.36. The van der Waals surface area contributed by atoms with Crippen LogP contribution >= 0.6 is 20.1 Å². The predicted molar refractivity (Wildman–Crippen MR) is 191 cm³/mol. The number of nitrogens with zero attached hydrogens (tertiary/aromatic N) is 3. The average molecular weight is 706 g/mol. The van der Waals surface area contributed by atoms with Crippen molar-refractivity contribution in [2.45, 2.75) is 56.5 Å². The van der Waals surface area contributed by atoms with Gasteiger partial charge in [0.25, 0.3) is 0 Å². The van der Waals surface area contributed by atoms with Crippen molar-refractivity contribution >= 4 is 53.0 Å². The number of hydrogen-bond acceptors (Lipinski definition) is 4. The van der Waals surface area contributed by atoms with Gasteiger partial charge in [-0.3, -0.25) is 4.99 Å². The fourth-order valence-corrected chi connectivity index (χ4v) is 16.1. The molecule has 0 radical (unpaired) electrons. The van der Waals surface area contributed by atoms with Crippen LogP contribution in [0.3, 0.4) is 0 Å². The molecule has 2 fully saturated rings. The fraction of sp³-hybridized carbons (Fsp3) is 0.429. The van der Waals surface area contributed by atoms with E-state index in [4.69, 9.17) is 29.5 Å². The maximum absolute atomic E-state index is 7.23. The molecule has 2 heterocycles. The molecule has 9 heteroatoms. The van der Waals surface area contributed by atoms with Gasteiger partial charge in [-0.15, -0.1) is 6.58 Å². The molecule has 4 atom stereocenters. The second-order valence-electron chi connectivity index (χ2n) is 12.6. The van der Waals surface area contributed by atoms with Gasteiger partial charge >= 0.3 is 33.5 Å². The van der Waals surface area contributed by atoms with E-state index < -0.39 is 16.6 Å². The summed E-state index contributed by atoms with van der Waals surface area (Å²) in [6.07, 6.45) is 16.3. The summed E-state index contributed by atoms with van der Waals surface area (Å²) in [5.74, 6) is 2.12. The number of halogens is 2. The zero-order chi connectivity index (χ0) is 30.3. The van der Waals surface area contributed by atoms with Crippen molar-refractivity contribution in [1.29, 1.82) is 0 Å². The first-order chi connectivity index (χ1) is 21.0. The van der Waals surface area contributed by atoms with Crippen LogP contribution in [-0.2, 0) is 17.8 Å². The Bertz CT molecular complexity index is 1250. The summed E-state index contributed by atoms with van der Waals surface area (Å²) in [4.78, 5) is 7.86. The Labute approximate surface area is 283 Å². The first-order valence-corrected chi connectivity index (χ1v) is 24.3. The Kier molecular flexibility index (Phi) is 13.1. The van der Waals surface area contributed by atoms with Crippen LogP contribution in [0.25, 0.3) is 0 Å². The van der Waals surface area contributed by atoms with Gasteiger partial charge < -0.3 is 21.3 Å². The summed E-state index contributed by atoms with van der Waals surface area (Å²) < 4.78 is 10.1. The van der Waals surface area contributed by atoms with Crippen molar-refractivity contribution < 1.29 is 17.8 Å². The number of aliphatic imine (C=N–C) groups is 1. The predicted octanol–water partition coefficient (Wildman–Crippen LogP) is 7.64. The number of guanidine groups is 1. The first-order valence-electron chi connectivity index (χ1n) is 15.7. The fourth-order valence-electron chi connectivity index (χ4n) is 7.93. The van der Waals surface area contributed by atoms with Crippen LogP contribution in [0.1, 0.15) is 25.7 Å². The van der Waals surface area contributed by atoms with Crippen LogP contribution in [0.15, 0.2) is 103 Å². The maximum atomic E-state index is 7.23. The molecule has 4 aliphatic rings. The molecule has 0 N–H and O–H groups in total. The number of hydrogen-bond donors (Lipinski definition) is 0. The zero-order valence-electron chi connectivity index (χ0n) is 26.5. The molecule has 1 saturated heterocycles. The van der Waals surface area contributed by atoms with E-state index >= 15 is 0 Å². The van der Waals surface area contributed by atoms with Crippen molar-refractivity contribution in [3.8, 4) is 0 Å². The summed E-state index contributed by atoms with van der Waals surface area (Å²) >= 11 is -0.181. The second-order valence-corrected chi connectivity index (χ2v) is 22.9. The van der Waals surface area contributed by atoms with E-state index in [1.54, 1.807) is 0 Å². The van der Waals surface area contributed by atoms with Gasteiger partial charge in [-0.05, 0) is 66.7 Å². The first kappa shape index (κ1) is 35.3. The summed E-state index contributed by atoms with van der Waals surface area (Å²) in [5, 5.41) is 3.01. The Morgan fingerprint density at radius 3 is 2.14 bits per heavy atom. The Morgan fingerprint density at radius 1 is 0.932 bits per heavy atom. The monoisotopic (exact) mass is 704 g/mol. The van der Waals surface area contributed by atoms with Gasteiger partial charge in [0.1, 0.15) is 0 Å². The average Bonchev–Trinajstić information content (AvgIpc) is 3.40. The summed E-state index contributed by atoms with van der Waals surface area (Å²) in [6, 6.07) is 24.2. The molecular weight excluding hydrogens is 657 g/mol. The SMILES string of the molecule is C=CCC[Si](C)(C)OC1CC([Si](c2ccccc2)(c2ccccc2)N2CCCN3CCCN=C32)C2C=CC=CC12.[CH3-].[Cl][Cr+][Cl]. The van der Waals surface area contributed by atoms with Gasteiger partial charge in [0.2, 0.25) is 8.24 Å². The molecule has 2 aliphatic heterocycles. The molecule has 0 spiro atoms. The molecule has 6 rings (SSSR count). The van der Waals surface area contributed by atoms with Gasteiger partial charge in [0.15, 0.2) is 14.3 Å². The molecule has 2 aromatic carbocycles. The molecule has 4 unspecified atom stereocenters. The Morgan fingerprint density at radius 2 is 1.52 bits per heavy atom. The van der Waals surface area contributed by atoms with Crippen LogP contribution in [0, 0.1) is 19.3 Å². The summed E-state index contributed by atoms with van der Waals surface area (Å²) in [5.41, 5.74) is 0.474. The number of fused-ring (bicyclic) bond motifs is 2. The molecule has 0 amide bonds. The summed E-state index contributed by atoms with van der Waals surface area (Å²) in [7, 11) is 5.24. The molecule has 44 heavy (non-hydrogen) atoms. The third-order valence-electron chi connectivity index (χ3n) is 9.59. The zero-order valence-corrected chi connectivity index (χ0v) is 31.2. The van der Waals surface area contributed by atoms with Crippen LogP contribution in [0.5, 0.6) is 0 Å². The standard InChI is InChI=1S/C34H45N3OSi2.CH3.2ClH.Cr/c1-4-5-26-39(2,3)38-32-27-33(31-21-13-12-20-30(31)32)40(28-16-8-6-9-17-28,29-18-10-7-11-19-29)37-25-15-24-36-23-14-22-35-34(36)37;;;;/h4,6-13,16-21,30-33H,1,5,14-15,22-27H2,2-3H3;1H3;2*1H;/q;-1;;;+3/p-2. The Hall–Kier alpha value is -1.56. The molecule has 4 nitrogen and oxygen atoms in total. The van der Waals surface area contributed by atoms with E-state index in [0.717, 1.165) is 51.5 Å². The quantitative estimate of drug-likeness (QED) is 0.153. The summed E-state index contributed by atoms with van der Waals surface area (Å²) in [6.45, 7) is 13.0. The van der Waals surface area contributed by atoms with E-state index in [1.807, 2.05) is 0 Å². The molecule has 0 aromatic heterocycles. The third-order valence-corrected chi connectivity index (χ3v) is 17.4. The van der Waals surface area contributed by atoms with Gasteiger partial charge in [0, 0.05) is 32.1 Å².